The third-order valence-electron chi connectivity index (χ3n) is 2.96. The summed E-state index contributed by atoms with van der Waals surface area (Å²) in [7, 11) is 0. The number of carbonyl (C=O) groups is 1. The largest absolute Gasteiger partial charge is 0.352 e. The number of amides is 1. The van der Waals surface area contributed by atoms with Crippen LogP contribution in [0.4, 0.5) is 0 Å². The van der Waals surface area contributed by atoms with Crippen molar-refractivity contribution in [2.75, 3.05) is 12.4 Å². The van der Waals surface area contributed by atoms with Crippen molar-refractivity contribution < 1.29 is 4.79 Å². The number of halogens is 1. The van der Waals surface area contributed by atoms with Crippen molar-refractivity contribution in [3.63, 3.8) is 0 Å². The van der Waals surface area contributed by atoms with Gasteiger partial charge in [0.05, 0.1) is 0 Å². The predicted octanol–water partition coefficient (Wildman–Crippen LogP) is 2.53. The molecule has 2 rings (SSSR count). The third-order valence-corrected chi connectivity index (χ3v) is 3.22. The highest BCUT2D eigenvalue weighted by molar-refractivity contribution is 6.17. The summed E-state index contributed by atoms with van der Waals surface area (Å²) >= 11 is 5.56. The summed E-state index contributed by atoms with van der Waals surface area (Å²) in [6.07, 6.45) is 4.30. The molecule has 0 heterocycles. The Bertz CT molecular complexity index is 390. The minimum atomic E-state index is 0.0137. The molecule has 0 aromatic heterocycles. The van der Waals surface area contributed by atoms with Crippen LogP contribution < -0.4 is 5.32 Å². The number of benzene rings is 1. The molecule has 1 amide bonds. The van der Waals surface area contributed by atoms with Crippen LogP contribution in [0.25, 0.3) is 0 Å². The van der Waals surface area contributed by atoms with Crippen LogP contribution in [-0.2, 0) is 12.8 Å². The van der Waals surface area contributed by atoms with Gasteiger partial charge in [-0.1, -0.05) is 6.07 Å². The zero-order valence-corrected chi connectivity index (χ0v) is 10.0. The van der Waals surface area contributed by atoms with Crippen LogP contribution in [0.5, 0.6) is 0 Å². The molecule has 1 aliphatic carbocycles. The van der Waals surface area contributed by atoms with Gasteiger partial charge in [-0.25, -0.2) is 0 Å². The lowest BCUT2D eigenvalue weighted by Crippen LogP contribution is -2.24. The Morgan fingerprint density at radius 3 is 2.94 bits per heavy atom. The summed E-state index contributed by atoms with van der Waals surface area (Å²) in [6.45, 7) is 0.652. The molecule has 0 spiro atoms. The number of hydrogen-bond acceptors (Lipinski definition) is 1. The van der Waals surface area contributed by atoms with Gasteiger partial charge in [0.2, 0.25) is 0 Å². The lowest BCUT2D eigenvalue weighted by molar-refractivity contribution is 0.0953. The summed E-state index contributed by atoms with van der Waals surface area (Å²) in [5.41, 5.74) is 3.51. The van der Waals surface area contributed by atoms with Gasteiger partial charge < -0.3 is 5.32 Å². The second-order valence-electron chi connectivity index (χ2n) is 4.14. The smallest absolute Gasteiger partial charge is 0.251 e. The average molecular weight is 238 g/mol. The molecule has 16 heavy (non-hydrogen) atoms. The van der Waals surface area contributed by atoms with Crippen LogP contribution in [0.1, 0.15) is 34.3 Å². The second-order valence-corrected chi connectivity index (χ2v) is 4.51. The Morgan fingerprint density at radius 1 is 1.31 bits per heavy atom. The van der Waals surface area contributed by atoms with Crippen molar-refractivity contribution >= 4 is 17.5 Å². The zero-order valence-electron chi connectivity index (χ0n) is 9.26. The monoisotopic (exact) mass is 237 g/mol. The van der Waals surface area contributed by atoms with Crippen molar-refractivity contribution in [3.05, 3.63) is 34.9 Å². The highest BCUT2D eigenvalue weighted by atomic mass is 35.5. The first-order chi connectivity index (χ1) is 7.81. The number of carbonyl (C=O) groups excluding carboxylic acids is 1. The molecule has 0 unspecified atom stereocenters. The van der Waals surface area contributed by atoms with Crippen molar-refractivity contribution in [3.8, 4) is 0 Å². The number of fused-ring (bicyclic) bond motifs is 1. The Hall–Kier alpha value is -1.02. The van der Waals surface area contributed by atoms with E-state index in [1.165, 1.54) is 17.5 Å². The highest BCUT2D eigenvalue weighted by Crippen LogP contribution is 2.22. The molecule has 1 N–H and O–H groups in total. The zero-order chi connectivity index (χ0) is 11.4. The highest BCUT2D eigenvalue weighted by Gasteiger charge is 2.13. The normalized spacial score (nSPS) is 13.6. The molecular weight excluding hydrogens is 222 g/mol. The first kappa shape index (κ1) is 11.5. The Morgan fingerprint density at radius 2 is 2.12 bits per heavy atom. The fourth-order valence-corrected chi connectivity index (χ4v) is 2.22. The summed E-state index contributed by atoms with van der Waals surface area (Å²) in [4.78, 5) is 11.8. The second kappa shape index (κ2) is 5.35. The summed E-state index contributed by atoms with van der Waals surface area (Å²) in [5, 5.41) is 2.87. The summed E-state index contributed by atoms with van der Waals surface area (Å²) in [6, 6.07) is 6.03. The average Bonchev–Trinajstić information content (AvgIpc) is 2.76. The number of nitrogens with one attached hydrogen (secondary N) is 1. The van der Waals surface area contributed by atoms with E-state index in [1.807, 2.05) is 12.1 Å². The standard InChI is InChI=1S/C13H16ClNO/c14-7-2-8-15-13(16)12-6-5-10-3-1-4-11(10)9-12/h5-6,9H,1-4,7-8H2,(H,15,16). The van der Waals surface area contributed by atoms with E-state index in [0.717, 1.165) is 24.8 Å². The number of aryl methyl sites for hydroxylation is 2. The van der Waals surface area contributed by atoms with Gasteiger partial charge >= 0.3 is 0 Å². The minimum Gasteiger partial charge on any atom is -0.352 e. The van der Waals surface area contributed by atoms with Crippen LogP contribution in [0.3, 0.4) is 0 Å². The summed E-state index contributed by atoms with van der Waals surface area (Å²) in [5.74, 6) is 0.601. The maximum Gasteiger partial charge on any atom is 0.251 e. The topological polar surface area (TPSA) is 29.1 Å². The van der Waals surface area contributed by atoms with Crippen LogP contribution in [0, 0.1) is 0 Å². The molecule has 0 bridgehead atoms. The van der Waals surface area contributed by atoms with Gasteiger partial charge in [0.15, 0.2) is 0 Å². The molecule has 0 saturated carbocycles. The fourth-order valence-electron chi connectivity index (χ4n) is 2.08. The first-order valence-electron chi connectivity index (χ1n) is 5.77. The van der Waals surface area contributed by atoms with Gasteiger partial charge in [-0.2, -0.15) is 0 Å². The van der Waals surface area contributed by atoms with Crippen molar-refractivity contribution in [2.24, 2.45) is 0 Å². The number of alkyl halides is 1. The van der Waals surface area contributed by atoms with E-state index in [1.54, 1.807) is 0 Å². The van der Waals surface area contributed by atoms with Crippen molar-refractivity contribution in [2.45, 2.75) is 25.7 Å². The Labute approximate surface area is 101 Å². The van der Waals surface area contributed by atoms with Gasteiger partial charge in [0.1, 0.15) is 0 Å². The molecule has 0 atom stereocenters. The molecule has 3 heteroatoms. The minimum absolute atomic E-state index is 0.0137. The van der Waals surface area contributed by atoms with Crippen LogP contribution in [-0.4, -0.2) is 18.3 Å². The Kier molecular flexibility index (Phi) is 3.83. The Balaban J connectivity index is 2.01. The fraction of sp³-hybridized carbons (Fsp3) is 0.462. The van der Waals surface area contributed by atoms with E-state index in [0.29, 0.717) is 12.4 Å². The molecule has 0 saturated heterocycles. The molecule has 1 aromatic rings. The lowest BCUT2D eigenvalue weighted by atomic mass is 10.1. The summed E-state index contributed by atoms with van der Waals surface area (Å²) < 4.78 is 0. The number of rotatable bonds is 4. The van der Waals surface area contributed by atoms with Crippen molar-refractivity contribution in [1.29, 1.82) is 0 Å². The first-order valence-corrected chi connectivity index (χ1v) is 6.30. The van der Waals surface area contributed by atoms with E-state index in [2.05, 4.69) is 11.4 Å². The van der Waals surface area contributed by atoms with Crippen molar-refractivity contribution in [1.82, 2.24) is 5.32 Å². The van der Waals surface area contributed by atoms with E-state index in [9.17, 15) is 4.79 Å². The molecule has 1 aromatic carbocycles. The molecule has 0 aliphatic heterocycles. The molecule has 0 fully saturated rings. The quantitative estimate of drug-likeness (QED) is 0.633. The maximum absolute atomic E-state index is 11.8. The number of hydrogen-bond donors (Lipinski definition) is 1. The van der Waals surface area contributed by atoms with Gasteiger partial charge in [-0.3, -0.25) is 4.79 Å². The van der Waals surface area contributed by atoms with Gasteiger partial charge in [-0.05, 0) is 48.9 Å². The van der Waals surface area contributed by atoms with Gasteiger partial charge in [0.25, 0.3) is 5.91 Å². The predicted molar refractivity (Wildman–Crippen MR) is 66.1 cm³/mol. The van der Waals surface area contributed by atoms with E-state index >= 15 is 0 Å². The van der Waals surface area contributed by atoms with Crippen LogP contribution in [0.2, 0.25) is 0 Å². The van der Waals surface area contributed by atoms with Crippen LogP contribution >= 0.6 is 11.6 Å². The van der Waals surface area contributed by atoms with Gasteiger partial charge in [0, 0.05) is 18.0 Å². The molecule has 86 valence electrons. The third kappa shape index (κ3) is 2.56. The molecule has 0 radical (unpaired) electrons. The van der Waals surface area contributed by atoms with E-state index in [4.69, 9.17) is 11.6 Å². The van der Waals surface area contributed by atoms with E-state index in [-0.39, 0.29) is 5.91 Å². The maximum atomic E-state index is 11.8. The van der Waals surface area contributed by atoms with Crippen LogP contribution in [0.15, 0.2) is 18.2 Å². The molecular formula is C13H16ClNO. The van der Waals surface area contributed by atoms with Gasteiger partial charge in [-0.15, -0.1) is 11.6 Å². The van der Waals surface area contributed by atoms with E-state index < -0.39 is 0 Å². The molecule has 2 nitrogen and oxygen atoms in total. The lowest BCUT2D eigenvalue weighted by Gasteiger charge is -2.06. The molecule has 1 aliphatic rings. The SMILES string of the molecule is O=C(NCCCCl)c1ccc2c(c1)CCC2.